The minimum absolute atomic E-state index is 0.231. The monoisotopic (exact) mass is 501 g/mol. The van der Waals surface area contributed by atoms with Gasteiger partial charge in [0.2, 0.25) is 0 Å². The van der Waals surface area contributed by atoms with Gasteiger partial charge >= 0.3 is 0 Å². The first-order valence-electron chi connectivity index (χ1n) is 10.9. The van der Waals surface area contributed by atoms with Crippen molar-refractivity contribution >= 4 is 34.1 Å². The average Bonchev–Trinajstić information content (AvgIpc) is 3.47. The number of fused-ring (bicyclic) bond motifs is 1. The Kier molecular flexibility index (Phi) is 5.97. The molecule has 5 aromatic rings. The van der Waals surface area contributed by atoms with E-state index in [1.54, 1.807) is 42.2 Å². The van der Waals surface area contributed by atoms with Gasteiger partial charge in [0, 0.05) is 23.0 Å². The Morgan fingerprint density at radius 3 is 2.72 bits per heavy atom. The molecule has 36 heavy (non-hydrogen) atoms. The average molecular weight is 502 g/mol. The Labute approximate surface area is 210 Å². The van der Waals surface area contributed by atoms with Crippen molar-refractivity contribution in [3.05, 3.63) is 70.9 Å². The number of pyridine rings is 1. The Morgan fingerprint density at radius 2 is 2.00 bits per heavy atom. The van der Waals surface area contributed by atoms with Crippen molar-refractivity contribution in [3.63, 3.8) is 0 Å². The number of aliphatic hydroxyl groups excluding tert-OH is 1. The van der Waals surface area contributed by atoms with E-state index in [9.17, 15) is 10.4 Å². The van der Waals surface area contributed by atoms with Crippen molar-refractivity contribution < 1.29 is 9.84 Å². The predicted octanol–water partition coefficient (Wildman–Crippen LogP) is 4.04. The summed E-state index contributed by atoms with van der Waals surface area (Å²) in [6, 6.07) is 14.5. The minimum atomic E-state index is -0.781. The van der Waals surface area contributed by atoms with Gasteiger partial charge in [-0.25, -0.2) is 14.6 Å². The lowest BCUT2D eigenvalue weighted by Gasteiger charge is -2.14. The van der Waals surface area contributed by atoms with Gasteiger partial charge < -0.3 is 15.2 Å². The molecule has 0 amide bonds. The highest BCUT2D eigenvalue weighted by molar-refractivity contribution is 6.29. The Balaban J connectivity index is 1.54. The van der Waals surface area contributed by atoms with Crippen molar-refractivity contribution in [2.75, 3.05) is 12.4 Å². The summed E-state index contributed by atoms with van der Waals surface area (Å²) in [4.78, 5) is 9.31. The van der Waals surface area contributed by atoms with Crippen LogP contribution < -0.4 is 10.1 Å². The van der Waals surface area contributed by atoms with Gasteiger partial charge in [-0.2, -0.15) is 10.4 Å². The summed E-state index contributed by atoms with van der Waals surface area (Å²) in [5.41, 5.74) is 3.84. The maximum absolute atomic E-state index is 10.3. The minimum Gasteiger partial charge on any atom is -0.493 e. The van der Waals surface area contributed by atoms with E-state index in [-0.39, 0.29) is 10.8 Å². The highest BCUT2D eigenvalue weighted by Gasteiger charge is 2.18. The van der Waals surface area contributed by atoms with Crippen LogP contribution >= 0.6 is 11.6 Å². The topological polar surface area (TPSA) is 140 Å². The van der Waals surface area contributed by atoms with Crippen LogP contribution in [0.1, 0.15) is 30.0 Å². The first-order valence-corrected chi connectivity index (χ1v) is 11.2. The molecule has 0 saturated heterocycles. The van der Waals surface area contributed by atoms with Crippen LogP contribution in [-0.2, 0) is 0 Å². The van der Waals surface area contributed by atoms with Gasteiger partial charge in [-0.05, 0) is 50.2 Å². The fraction of sp³-hybridized carbons (Fsp3) is 0.167. The van der Waals surface area contributed by atoms with E-state index < -0.39 is 6.10 Å². The Bertz CT molecular complexity index is 1630. The van der Waals surface area contributed by atoms with Crippen molar-refractivity contribution in [1.82, 2.24) is 34.5 Å². The molecule has 0 saturated carbocycles. The number of nitriles is 1. The van der Waals surface area contributed by atoms with Crippen molar-refractivity contribution in [3.8, 4) is 23.5 Å². The van der Waals surface area contributed by atoms with Gasteiger partial charge in [-0.3, -0.25) is 4.57 Å². The van der Waals surface area contributed by atoms with Crippen LogP contribution in [0, 0.1) is 18.3 Å². The standard InChI is InChI=1S/C24H20ClN9O2/c1-13-8-16(11-26)32-34(13)24-17(14(2)35)5-7-22(29-24)33-12-27-18-9-15(4-6-19(18)33)28-23-20(36-3)10-21(25)30-31-23/h4-10,12,14,35H,1-3H3,(H,28,31). The third-order valence-corrected chi connectivity index (χ3v) is 5.73. The molecular weight excluding hydrogens is 482 g/mol. The van der Waals surface area contributed by atoms with Crippen LogP contribution in [0.15, 0.2) is 48.8 Å². The molecule has 4 aromatic heterocycles. The van der Waals surface area contributed by atoms with Crippen LogP contribution in [0.2, 0.25) is 5.15 Å². The second-order valence-corrected chi connectivity index (χ2v) is 8.37. The third kappa shape index (κ3) is 4.19. The fourth-order valence-electron chi connectivity index (χ4n) is 3.83. The van der Waals surface area contributed by atoms with Crippen LogP contribution in [0.5, 0.6) is 5.75 Å². The summed E-state index contributed by atoms with van der Waals surface area (Å²) >= 11 is 5.90. The molecule has 11 nitrogen and oxygen atoms in total. The van der Waals surface area contributed by atoms with Gasteiger partial charge in [0.05, 0.1) is 24.2 Å². The third-order valence-electron chi connectivity index (χ3n) is 5.55. The molecule has 0 aliphatic rings. The summed E-state index contributed by atoms with van der Waals surface area (Å²) in [5.74, 6) is 1.90. The number of anilines is 2. The number of halogens is 1. The van der Waals surface area contributed by atoms with Crippen LogP contribution in [0.25, 0.3) is 22.7 Å². The number of nitrogens with zero attached hydrogens (tertiary/aromatic N) is 8. The molecule has 2 N–H and O–H groups in total. The molecule has 0 spiro atoms. The number of benzene rings is 1. The quantitative estimate of drug-likeness (QED) is 0.352. The largest absolute Gasteiger partial charge is 0.493 e. The van der Waals surface area contributed by atoms with E-state index in [1.807, 2.05) is 35.8 Å². The van der Waals surface area contributed by atoms with Gasteiger partial charge in [-0.1, -0.05) is 11.6 Å². The van der Waals surface area contributed by atoms with E-state index in [4.69, 9.17) is 21.3 Å². The van der Waals surface area contributed by atoms with Gasteiger partial charge in [-0.15, -0.1) is 10.2 Å². The molecule has 180 valence electrons. The molecule has 1 atom stereocenters. The first kappa shape index (κ1) is 23.2. The number of methoxy groups -OCH3 is 1. The zero-order valence-corrected chi connectivity index (χ0v) is 20.3. The molecule has 12 heteroatoms. The van der Waals surface area contributed by atoms with Crippen molar-refractivity contribution in [2.45, 2.75) is 20.0 Å². The summed E-state index contributed by atoms with van der Waals surface area (Å²) in [5, 5.41) is 35.2. The number of aliphatic hydroxyl groups is 1. The summed E-state index contributed by atoms with van der Waals surface area (Å²) in [6.07, 6.45) is 0.888. The maximum Gasteiger partial charge on any atom is 0.195 e. The number of aryl methyl sites for hydroxylation is 1. The van der Waals surface area contributed by atoms with Crippen LogP contribution in [0.4, 0.5) is 11.5 Å². The van der Waals surface area contributed by atoms with E-state index in [0.29, 0.717) is 34.3 Å². The van der Waals surface area contributed by atoms with E-state index in [0.717, 1.165) is 16.9 Å². The molecule has 0 aliphatic heterocycles. The lowest BCUT2D eigenvalue weighted by molar-refractivity contribution is 0.198. The molecule has 0 bridgehead atoms. The molecule has 0 fully saturated rings. The van der Waals surface area contributed by atoms with Gasteiger partial charge in [0.25, 0.3) is 0 Å². The number of ether oxygens (including phenoxy) is 1. The van der Waals surface area contributed by atoms with Crippen LogP contribution in [-0.4, -0.2) is 46.7 Å². The molecule has 4 heterocycles. The second-order valence-electron chi connectivity index (χ2n) is 7.98. The Hall–Kier alpha value is -4.53. The van der Waals surface area contributed by atoms with Crippen molar-refractivity contribution in [2.24, 2.45) is 0 Å². The van der Waals surface area contributed by atoms with E-state index in [1.165, 1.54) is 7.11 Å². The molecule has 1 unspecified atom stereocenters. The number of hydrogen-bond donors (Lipinski definition) is 2. The maximum atomic E-state index is 10.3. The SMILES string of the molecule is COc1cc(Cl)nnc1Nc1ccc2c(c1)ncn2-c1ccc(C(C)O)c(-n2nc(C#N)cc2C)n1. The van der Waals surface area contributed by atoms with Gasteiger partial charge in [0.1, 0.15) is 18.2 Å². The lowest BCUT2D eigenvalue weighted by Crippen LogP contribution is -2.10. The first-order chi connectivity index (χ1) is 17.4. The smallest absolute Gasteiger partial charge is 0.195 e. The normalized spacial score (nSPS) is 11.9. The summed E-state index contributed by atoms with van der Waals surface area (Å²) in [7, 11) is 1.53. The molecule has 0 radical (unpaired) electrons. The fourth-order valence-corrected chi connectivity index (χ4v) is 3.96. The molecule has 0 aliphatic carbocycles. The zero-order chi connectivity index (χ0) is 25.4. The number of hydrogen-bond acceptors (Lipinski definition) is 9. The highest BCUT2D eigenvalue weighted by atomic mass is 35.5. The summed E-state index contributed by atoms with van der Waals surface area (Å²) in [6.45, 7) is 3.49. The predicted molar refractivity (Wildman–Crippen MR) is 133 cm³/mol. The summed E-state index contributed by atoms with van der Waals surface area (Å²) < 4.78 is 8.71. The zero-order valence-electron chi connectivity index (χ0n) is 19.5. The number of aromatic nitrogens is 7. The molecule has 5 rings (SSSR count). The highest BCUT2D eigenvalue weighted by Crippen LogP contribution is 2.29. The van der Waals surface area contributed by atoms with Crippen LogP contribution in [0.3, 0.4) is 0 Å². The lowest BCUT2D eigenvalue weighted by atomic mass is 10.1. The second kappa shape index (κ2) is 9.26. The Morgan fingerprint density at radius 1 is 1.17 bits per heavy atom. The number of rotatable bonds is 6. The number of nitrogens with one attached hydrogen (secondary N) is 1. The molecule has 1 aromatic carbocycles. The molecular formula is C24H20ClN9O2. The van der Waals surface area contributed by atoms with Gasteiger partial charge in [0.15, 0.2) is 28.2 Å². The van der Waals surface area contributed by atoms with E-state index >= 15 is 0 Å². The number of imidazole rings is 1. The van der Waals surface area contributed by atoms with E-state index in [2.05, 4.69) is 25.6 Å². The van der Waals surface area contributed by atoms with Crippen molar-refractivity contribution in [1.29, 1.82) is 5.26 Å².